The minimum atomic E-state index is -5.39. The highest BCUT2D eigenvalue weighted by Gasteiger charge is 2.12. The number of hydrogen-bond acceptors (Lipinski definition) is 5. The Labute approximate surface area is 167 Å². The highest BCUT2D eigenvalue weighted by molar-refractivity contribution is 7.40. The number of aliphatic hydroxyl groups is 1. The molecule has 6 nitrogen and oxygen atoms in total. The molecule has 0 aliphatic carbocycles. The fourth-order valence-electron chi connectivity index (χ4n) is 3.12. The first kappa shape index (κ1) is 29.2. The molecule has 0 spiro atoms. The first-order valence-electron chi connectivity index (χ1n) is 10.8. The Morgan fingerprint density at radius 1 is 0.667 bits per heavy atom. The van der Waals surface area contributed by atoms with Gasteiger partial charge in [-0.15, -0.1) is 0 Å². The van der Waals surface area contributed by atoms with Crippen LogP contribution in [0.25, 0.3) is 0 Å². The third-order valence-electron chi connectivity index (χ3n) is 4.82. The summed E-state index contributed by atoms with van der Waals surface area (Å²) in [5.41, 5.74) is 0. The average molecular weight is 410 g/mol. The predicted molar refractivity (Wildman–Crippen MR) is 107 cm³/mol. The third kappa shape index (κ3) is 34.0. The molecule has 0 aromatic rings. The lowest BCUT2D eigenvalue weighted by molar-refractivity contribution is -0.890. The Bertz CT molecular complexity index is 339. The molecule has 0 heterocycles. The van der Waals surface area contributed by atoms with Gasteiger partial charge in [-0.2, -0.15) is 7.82 Å². The number of phosphoric acid groups is 1. The van der Waals surface area contributed by atoms with Gasteiger partial charge in [-0.3, -0.25) is 0 Å². The van der Waals surface area contributed by atoms with Gasteiger partial charge in [0, 0.05) is 0 Å². The predicted octanol–water partition coefficient (Wildman–Crippen LogP) is 2.71. The van der Waals surface area contributed by atoms with Gasteiger partial charge in [0.1, 0.15) is 6.54 Å². The van der Waals surface area contributed by atoms with Crippen molar-refractivity contribution in [3.05, 3.63) is 0 Å². The number of hydrogen-bond donors (Lipinski definition) is 1. The zero-order valence-corrected chi connectivity index (χ0v) is 18.9. The van der Waals surface area contributed by atoms with E-state index < -0.39 is 7.82 Å². The molecule has 0 aliphatic rings. The van der Waals surface area contributed by atoms with Gasteiger partial charge >= 0.3 is 0 Å². The Hall–Kier alpha value is 0.0300. The fraction of sp³-hybridized carbons (Fsp3) is 1.00. The second kappa shape index (κ2) is 19.4. The summed E-state index contributed by atoms with van der Waals surface area (Å²) < 4.78 is 9.52. The Kier molecular flexibility index (Phi) is 21.0. The average Bonchev–Trinajstić information content (AvgIpc) is 2.53. The van der Waals surface area contributed by atoms with E-state index in [0.29, 0.717) is 6.61 Å². The van der Waals surface area contributed by atoms with Crippen LogP contribution in [0.15, 0.2) is 0 Å². The molecule has 27 heavy (non-hydrogen) atoms. The summed E-state index contributed by atoms with van der Waals surface area (Å²) in [6.45, 7) is 4.69. The molecular formula is C20H44NO5P-2. The third-order valence-corrected chi connectivity index (χ3v) is 4.82. The van der Waals surface area contributed by atoms with E-state index >= 15 is 0 Å². The van der Waals surface area contributed by atoms with E-state index in [-0.39, 0.29) is 0 Å². The number of quaternary nitrogens is 1. The zero-order chi connectivity index (χ0) is 21.0. The standard InChI is InChI=1S/C20H44NO.H3O4P/c1-4-5-6-7-8-9-10-11-12-13-14-15-16-17-18-21(2,3)19-20-22;1-5(2,3)4/h22H,4-20H2,1-3H3;(H3,1,2,3,4)/q+1;/p-3. The lowest BCUT2D eigenvalue weighted by atomic mass is 10.0. The smallest absolute Gasteiger partial charge is 0.102 e. The van der Waals surface area contributed by atoms with Crippen molar-refractivity contribution in [2.45, 2.75) is 96.8 Å². The van der Waals surface area contributed by atoms with Crippen LogP contribution in [-0.4, -0.2) is 43.4 Å². The summed E-state index contributed by atoms with van der Waals surface area (Å²) in [5, 5.41) is 9.00. The van der Waals surface area contributed by atoms with E-state index in [0.717, 1.165) is 11.0 Å². The maximum Gasteiger partial charge on any atom is 0.102 e. The summed E-state index contributed by atoms with van der Waals surface area (Å²) in [4.78, 5) is 25.6. The van der Waals surface area contributed by atoms with E-state index in [1.54, 1.807) is 0 Å². The van der Waals surface area contributed by atoms with Crippen LogP contribution < -0.4 is 14.7 Å². The summed E-state index contributed by atoms with van der Waals surface area (Å²) in [5.74, 6) is 0. The summed E-state index contributed by atoms with van der Waals surface area (Å²) >= 11 is 0. The van der Waals surface area contributed by atoms with Gasteiger partial charge < -0.3 is 28.8 Å². The second-order valence-corrected chi connectivity index (χ2v) is 9.04. The van der Waals surface area contributed by atoms with Gasteiger partial charge in [0.2, 0.25) is 0 Å². The van der Waals surface area contributed by atoms with Crippen LogP contribution in [0, 0.1) is 0 Å². The first-order valence-corrected chi connectivity index (χ1v) is 12.2. The maximum atomic E-state index is 9.00. The number of aliphatic hydroxyl groups excluding tert-OH is 1. The number of unbranched alkanes of at least 4 members (excludes halogenated alkanes) is 13. The quantitative estimate of drug-likeness (QED) is 0.226. The highest BCUT2D eigenvalue weighted by atomic mass is 31.2. The monoisotopic (exact) mass is 409 g/mol. The van der Waals surface area contributed by atoms with Crippen molar-refractivity contribution < 1.29 is 28.8 Å². The van der Waals surface area contributed by atoms with Gasteiger partial charge in [-0.05, 0) is 12.8 Å². The molecule has 0 rings (SSSR count). The fourth-order valence-corrected chi connectivity index (χ4v) is 3.12. The molecule has 0 radical (unpaired) electrons. The number of likely N-dealkylation sites (N-methyl/N-ethyl adjacent to an activating group) is 1. The van der Waals surface area contributed by atoms with Crippen LogP contribution in [-0.2, 0) is 4.57 Å². The highest BCUT2D eigenvalue weighted by Crippen LogP contribution is 2.13. The first-order chi connectivity index (χ1) is 12.6. The van der Waals surface area contributed by atoms with Crippen molar-refractivity contribution in [1.82, 2.24) is 0 Å². The van der Waals surface area contributed by atoms with Crippen LogP contribution >= 0.6 is 7.82 Å². The van der Waals surface area contributed by atoms with Crippen LogP contribution in [0.4, 0.5) is 0 Å². The van der Waals surface area contributed by atoms with E-state index in [1.165, 1.54) is 96.4 Å². The lowest BCUT2D eigenvalue weighted by Crippen LogP contribution is -2.42. The van der Waals surface area contributed by atoms with Crippen molar-refractivity contribution in [3.63, 3.8) is 0 Å². The molecule has 0 amide bonds. The molecule has 166 valence electrons. The summed E-state index contributed by atoms with van der Waals surface area (Å²) in [7, 11) is -0.947. The Balaban J connectivity index is 0. The van der Waals surface area contributed by atoms with Crippen LogP contribution in [0.1, 0.15) is 96.8 Å². The normalized spacial score (nSPS) is 12.0. The Morgan fingerprint density at radius 3 is 1.26 bits per heavy atom. The largest absolute Gasteiger partial charge is 0.822 e. The maximum absolute atomic E-state index is 9.00. The molecule has 0 aliphatic heterocycles. The molecule has 0 aromatic carbocycles. The molecule has 0 atom stereocenters. The minimum Gasteiger partial charge on any atom is -0.822 e. The molecule has 1 N–H and O–H groups in total. The SMILES string of the molecule is CCCCCCCCCCCCCCCC[N+](C)(C)CCO.O=P([O-])([O-])[O-]. The van der Waals surface area contributed by atoms with Crippen molar-refractivity contribution in [1.29, 1.82) is 0 Å². The summed E-state index contributed by atoms with van der Waals surface area (Å²) in [6.07, 6.45) is 19.9. The van der Waals surface area contributed by atoms with Gasteiger partial charge in [-0.1, -0.05) is 84.0 Å². The molecule has 0 saturated heterocycles. The van der Waals surface area contributed by atoms with Crippen molar-refractivity contribution in [3.8, 4) is 0 Å². The molecule has 7 heteroatoms. The molecule has 0 bridgehead atoms. The molecule has 0 fully saturated rings. The molecule has 0 saturated carbocycles. The van der Waals surface area contributed by atoms with Crippen molar-refractivity contribution >= 4 is 7.82 Å². The number of rotatable bonds is 17. The van der Waals surface area contributed by atoms with E-state index in [2.05, 4.69) is 21.0 Å². The number of nitrogens with zero attached hydrogens (tertiary/aromatic N) is 1. The van der Waals surface area contributed by atoms with Gasteiger partial charge in [-0.25, -0.2) is 0 Å². The molecular weight excluding hydrogens is 365 g/mol. The van der Waals surface area contributed by atoms with E-state index in [9.17, 15) is 0 Å². The van der Waals surface area contributed by atoms with E-state index in [4.69, 9.17) is 24.4 Å². The van der Waals surface area contributed by atoms with Crippen molar-refractivity contribution in [2.75, 3.05) is 33.8 Å². The van der Waals surface area contributed by atoms with E-state index in [1.807, 2.05) is 0 Å². The van der Waals surface area contributed by atoms with Crippen LogP contribution in [0.5, 0.6) is 0 Å². The minimum absolute atomic E-state index is 0.311. The van der Waals surface area contributed by atoms with Gasteiger partial charge in [0.25, 0.3) is 0 Å². The second-order valence-electron chi connectivity index (χ2n) is 8.15. The Morgan fingerprint density at radius 2 is 0.963 bits per heavy atom. The van der Waals surface area contributed by atoms with Crippen LogP contribution in [0.2, 0.25) is 0 Å². The molecule has 0 aromatic heterocycles. The lowest BCUT2D eigenvalue weighted by Gasteiger charge is -2.36. The summed E-state index contributed by atoms with van der Waals surface area (Å²) in [6, 6.07) is 0. The molecule has 0 unspecified atom stereocenters. The van der Waals surface area contributed by atoms with Crippen molar-refractivity contribution in [2.24, 2.45) is 0 Å². The van der Waals surface area contributed by atoms with Crippen LogP contribution in [0.3, 0.4) is 0 Å². The topological polar surface area (TPSA) is 106 Å². The van der Waals surface area contributed by atoms with Gasteiger partial charge in [0.15, 0.2) is 0 Å². The van der Waals surface area contributed by atoms with Gasteiger partial charge in [0.05, 0.1) is 27.2 Å². The zero-order valence-electron chi connectivity index (χ0n) is 18.0.